The number of carbonyl (C=O) groups is 2. The highest BCUT2D eigenvalue weighted by Gasteiger charge is 2.35. The average molecular weight is 292 g/mol. The van der Waals surface area contributed by atoms with Gasteiger partial charge in [0.15, 0.2) is 0 Å². The van der Waals surface area contributed by atoms with Gasteiger partial charge < -0.3 is 20.1 Å². The van der Waals surface area contributed by atoms with Crippen LogP contribution in [0.15, 0.2) is 18.2 Å². The lowest BCUT2D eigenvalue weighted by molar-refractivity contribution is 0.0697. The molecular formula is C15H20N2O4. The number of likely N-dealkylation sites (tertiary alicyclic amines) is 1. The number of urea groups is 1. The standard InChI is InChI=1S/C15H20N2O4/c1-15(2)7-4-8-17(15)14(20)16-12-6-5-10(21-3)9-11(12)13(18)19/h5-6,9H,4,7-8H2,1-3H3,(H,16,20)(H,18,19). The summed E-state index contributed by atoms with van der Waals surface area (Å²) in [5, 5.41) is 11.9. The van der Waals surface area contributed by atoms with E-state index in [1.807, 2.05) is 13.8 Å². The Morgan fingerprint density at radius 2 is 2.10 bits per heavy atom. The van der Waals surface area contributed by atoms with E-state index in [4.69, 9.17) is 4.74 Å². The van der Waals surface area contributed by atoms with Crippen LogP contribution in [0, 0.1) is 0 Å². The van der Waals surface area contributed by atoms with Crippen LogP contribution in [0.1, 0.15) is 37.0 Å². The molecule has 0 aliphatic carbocycles. The van der Waals surface area contributed by atoms with Crippen molar-refractivity contribution in [3.05, 3.63) is 23.8 Å². The van der Waals surface area contributed by atoms with Crippen molar-refractivity contribution in [3.8, 4) is 5.75 Å². The van der Waals surface area contributed by atoms with Gasteiger partial charge in [0, 0.05) is 12.1 Å². The van der Waals surface area contributed by atoms with Gasteiger partial charge in [-0.2, -0.15) is 0 Å². The lowest BCUT2D eigenvalue weighted by Gasteiger charge is -2.31. The van der Waals surface area contributed by atoms with Crippen LogP contribution in [0.4, 0.5) is 10.5 Å². The normalized spacial score (nSPS) is 16.6. The molecule has 6 heteroatoms. The topological polar surface area (TPSA) is 78.9 Å². The number of aromatic carboxylic acids is 1. The number of ether oxygens (including phenoxy) is 1. The second-order valence-electron chi connectivity index (χ2n) is 5.71. The van der Waals surface area contributed by atoms with Crippen LogP contribution >= 0.6 is 0 Å². The second kappa shape index (κ2) is 5.63. The Balaban J connectivity index is 2.23. The molecule has 1 heterocycles. The molecule has 1 fully saturated rings. The van der Waals surface area contributed by atoms with E-state index in [2.05, 4.69) is 5.32 Å². The van der Waals surface area contributed by atoms with Crippen molar-refractivity contribution in [2.75, 3.05) is 19.0 Å². The van der Waals surface area contributed by atoms with Crippen molar-refractivity contribution in [2.45, 2.75) is 32.2 Å². The van der Waals surface area contributed by atoms with Crippen LogP contribution < -0.4 is 10.1 Å². The molecule has 0 saturated carbocycles. The third-order valence-corrected chi connectivity index (χ3v) is 3.84. The molecule has 0 unspecified atom stereocenters. The first-order valence-electron chi connectivity index (χ1n) is 6.85. The third-order valence-electron chi connectivity index (χ3n) is 3.84. The fraction of sp³-hybridized carbons (Fsp3) is 0.467. The number of methoxy groups -OCH3 is 1. The number of anilines is 1. The highest BCUT2D eigenvalue weighted by molar-refractivity contribution is 6.00. The number of nitrogens with zero attached hydrogens (tertiary/aromatic N) is 1. The third kappa shape index (κ3) is 3.09. The maximum Gasteiger partial charge on any atom is 0.337 e. The van der Waals surface area contributed by atoms with Gasteiger partial charge in [0.1, 0.15) is 5.75 Å². The van der Waals surface area contributed by atoms with E-state index < -0.39 is 5.97 Å². The Bertz CT molecular complexity index is 569. The lowest BCUT2D eigenvalue weighted by atomic mass is 10.0. The fourth-order valence-electron chi connectivity index (χ4n) is 2.60. The summed E-state index contributed by atoms with van der Waals surface area (Å²) in [5.41, 5.74) is 0.0793. The first kappa shape index (κ1) is 15.2. The fourth-order valence-corrected chi connectivity index (χ4v) is 2.60. The lowest BCUT2D eigenvalue weighted by Crippen LogP contribution is -2.45. The number of hydrogen-bond acceptors (Lipinski definition) is 3. The molecule has 114 valence electrons. The van der Waals surface area contributed by atoms with E-state index in [1.54, 1.807) is 17.0 Å². The van der Waals surface area contributed by atoms with Crippen molar-refractivity contribution in [1.82, 2.24) is 4.90 Å². The molecule has 1 aromatic carbocycles. The summed E-state index contributed by atoms with van der Waals surface area (Å²) in [6, 6.07) is 4.29. The van der Waals surface area contributed by atoms with Gasteiger partial charge >= 0.3 is 12.0 Å². The van der Waals surface area contributed by atoms with Gasteiger partial charge in [-0.15, -0.1) is 0 Å². The summed E-state index contributed by atoms with van der Waals surface area (Å²) in [6.45, 7) is 4.69. The van der Waals surface area contributed by atoms with Crippen molar-refractivity contribution in [1.29, 1.82) is 0 Å². The highest BCUT2D eigenvalue weighted by atomic mass is 16.5. The second-order valence-corrected chi connectivity index (χ2v) is 5.71. The van der Waals surface area contributed by atoms with Crippen LogP contribution in [-0.2, 0) is 0 Å². The molecule has 0 spiro atoms. The van der Waals surface area contributed by atoms with E-state index in [0.717, 1.165) is 12.8 Å². The molecule has 0 radical (unpaired) electrons. The zero-order valence-corrected chi connectivity index (χ0v) is 12.5. The SMILES string of the molecule is COc1ccc(NC(=O)N2CCCC2(C)C)c(C(=O)O)c1. The number of carboxylic acids is 1. The quantitative estimate of drug-likeness (QED) is 0.898. The molecule has 6 nitrogen and oxygen atoms in total. The van der Waals surface area contributed by atoms with Crippen LogP contribution in [0.5, 0.6) is 5.75 Å². The molecule has 1 aromatic rings. The minimum Gasteiger partial charge on any atom is -0.497 e. The minimum atomic E-state index is -1.11. The van der Waals surface area contributed by atoms with Crippen LogP contribution in [0.3, 0.4) is 0 Å². The summed E-state index contributed by atoms with van der Waals surface area (Å²) < 4.78 is 5.01. The van der Waals surface area contributed by atoms with Gasteiger partial charge in [0.05, 0.1) is 18.4 Å². The van der Waals surface area contributed by atoms with Gasteiger partial charge in [-0.3, -0.25) is 0 Å². The number of hydrogen-bond donors (Lipinski definition) is 2. The Kier molecular flexibility index (Phi) is 4.06. The van der Waals surface area contributed by atoms with E-state index in [0.29, 0.717) is 12.3 Å². The number of benzene rings is 1. The molecule has 2 amide bonds. The highest BCUT2D eigenvalue weighted by Crippen LogP contribution is 2.29. The molecule has 0 bridgehead atoms. The van der Waals surface area contributed by atoms with E-state index in [1.165, 1.54) is 13.2 Å². The number of nitrogens with one attached hydrogen (secondary N) is 1. The zero-order valence-electron chi connectivity index (χ0n) is 12.5. The molecular weight excluding hydrogens is 272 g/mol. The van der Waals surface area contributed by atoms with Crippen LogP contribution in [0.25, 0.3) is 0 Å². The summed E-state index contributed by atoms with van der Waals surface area (Å²) in [4.78, 5) is 25.4. The minimum absolute atomic E-state index is 0.0136. The maximum atomic E-state index is 12.4. The Labute approximate surface area is 123 Å². The van der Waals surface area contributed by atoms with E-state index in [-0.39, 0.29) is 22.8 Å². The summed E-state index contributed by atoms with van der Waals surface area (Å²) >= 11 is 0. The van der Waals surface area contributed by atoms with E-state index in [9.17, 15) is 14.7 Å². The first-order valence-corrected chi connectivity index (χ1v) is 6.85. The predicted octanol–water partition coefficient (Wildman–Crippen LogP) is 2.80. The maximum absolute atomic E-state index is 12.4. The molecule has 1 aliphatic heterocycles. The van der Waals surface area contributed by atoms with Gasteiger partial charge in [-0.1, -0.05) is 0 Å². The van der Waals surface area contributed by atoms with Crippen molar-refractivity contribution < 1.29 is 19.4 Å². The summed E-state index contributed by atoms with van der Waals surface area (Å²) in [7, 11) is 1.46. The van der Waals surface area contributed by atoms with Crippen molar-refractivity contribution in [3.63, 3.8) is 0 Å². The number of carbonyl (C=O) groups excluding carboxylic acids is 1. The van der Waals surface area contributed by atoms with Crippen LogP contribution in [-0.4, -0.2) is 41.2 Å². The summed E-state index contributed by atoms with van der Waals surface area (Å²) in [5.74, 6) is -0.670. The number of rotatable bonds is 3. The molecule has 21 heavy (non-hydrogen) atoms. The van der Waals surface area contributed by atoms with Crippen molar-refractivity contribution in [2.24, 2.45) is 0 Å². The van der Waals surface area contributed by atoms with Crippen LogP contribution in [0.2, 0.25) is 0 Å². The summed E-state index contributed by atoms with van der Waals surface area (Å²) in [6.07, 6.45) is 1.89. The van der Waals surface area contributed by atoms with Gasteiger partial charge in [0.2, 0.25) is 0 Å². The monoisotopic (exact) mass is 292 g/mol. The van der Waals surface area contributed by atoms with Gasteiger partial charge in [0.25, 0.3) is 0 Å². The average Bonchev–Trinajstić information content (AvgIpc) is 2.78. The van der Waals surface area contributed by atoms with Crippen molar-refractivity contribution >= 4 is 17.7 Å². The predicted molar refractivity (Wildman–Crippen MR) is 79.0 cm³/mol. The zero-order chi connectivity index (χ0) is 15.6. The Morgan fingerprint density at radius 1 is 1.38 bits per heavy atom. The molecule has 2 rings (SSSR count). The smallest absolute Gasteiger partial charge is 0.337 e. The van der Waals surface area contributed by atoms with Gasteiger partial charge in [-0.25, -0.2) is 9.59 Å². The first-order chi connectivity index (χ1) is 9.85. The number of amides is 2. The number of carboxylic acid groups (broad SMARTS) is 1. The molecule has 1 aliphatic rings. The largest absolute Gasteiger partial charge is 0.497 e. The Hall–Kier alpha value is -2.24. The molecule has 0 atom stereocenters. The molecule has 2 N–H and O–H groups in total. The van der Waals surface area contributed by atoms with E-state index >= 15 is 0 Å². The Morgan fingerprint density at radius 3 is 2.62 bits per heavy atom. The molecule has 1 saturated heterocycles. The molecule has 0 aromatic heterocycles. The van der Waals surface area contributed by atoms with Gasteiger partial charge in [-0.05, 0) is 44.9 Å².